The Bertz CT molecular complexity index is 971. The van der Waals surface area contributed by atoms with Crippen molar-refractivity contribution in [3.05, 3.63) is 59.7 Å². The topological polar surface area (TPSA) is 70.7 Å². The van der Waals surface area contributed by atoms with Crippen LogP contribution in [-0.2, 0) is 0 Å². The van der Waals surface area contributed by atoms with Crippen LogP contribution in [0.15, 0.2) is 48.5 Å². The van der Waals surface area contributed by atoms with Gasteiger partial charge in [-0.15, -0.1) is 0 Å². The highest BCUT2D eigenvalue weighted by Crippen LogP contribution is 2.22. The van der Waals surface area contributed by atoms with Crippen LogP contribution in [0.3, 0.4) is 0 Å². The van der Waals surface area contributed by atoms with Gasteiger partial charge in [0.15, 0.2) is 5.11 Å². The number of hydrogen-bond acceptors (Lipinski definition) is 4. The third kappa shape index (κ3) is 7.29. The zero-order valence-corrected chi connectivity index (χ0v) is 21.0. The number of carbonyl (C=O) groups is 2. The van der Waals surface area contributed by atoms with Crippen molar-refractivity contribution in [2.45, 2.75) is 64.3 Å². The molecule has 34 heavy (non-hydrogen) atoms. The number of benzene rings is 2. The average molecular weight is 482 g/mol. The summed E-state index contributed by atoms with van der Waals surface area (Å²) in [6.07, 6.45) is 8.85. The molecule has 0 aromatic heterocycles. The summed E-state index contributed by atoms with van der Waals surface area (Å²) in [6, 6.07) is 14.5. The van der Waals surface area contributed by atoms with Crippen molar-refractivity contribution >= 4 is 34.8 Å². The highest BCUT2D eigenvalue weighted by molar-refractivity contribution is 7.80. The quantitative estimate of drug-likeness (QED) is 0.367. The van der Waals surface area contributed by atoms with Gasteiger partial charge < -0.3 is 15.0 Å². The molecule has 3 rings (SSSR count). The summed E-state index contributed by atoms with van der Waals surface area (Å²) in [5, 5.41) is 6.15. The lowest BCUT2D eigenvalue weighted by molar-refractivity contribution is 0.0927. The second-order valence-electron chi connectivity index (χ2n) is 8.72. The highest BCUT2D eigenvalue weighted by atomic mass is 32.1. The molecule has 0 aliphatic heterocycles. The van der Waals surface area contributed by atoms with E-state index in [0.29, 0.717) is 23.4 Å². The number of unbranched alkanes of at least 4 members (excludes halogenated alkanes) is 2. The molecule has 2 aromatic carbocycles. The van der Waals surface area contributed by atoms with E-state index in [9.17, 15) is 9.59 Å². The number of hydrogen-bond donors (Lipinski definition) is 2. The molecule has 7 heteroatoms. The van der Waals surface area contributed by atoms with Gasteiger partial charge in [-0.05, 0) is 67.9 Å². The van der Waals surface area contributed by atoms with Gasteiger partial charge in [0.25, 0.3) is 11.8 Å². The Hall–Kier alpha value is -2.93. The molecule has 0 bridgehead atoms. The van der Waals surface area contributed by atoms with E-state index in [4.69, 9.17) is 17.0 Å². The molecule has 0 unspecified atom stereocenters. The number of amides is 2. The normalized spacial score (nSPS) is 13.7. The fourth-order valence-electron chi connectivity index (χ4n) is 4.08. The minimum Gasteiger partial charge on any atom is -0.494 e. The summed E-state index contributed by atoms with van der Waals surface area (Å²) in [6.45, 7) is 2.82. The molecule has 2 aromatic rings. The van der Waals surface area contributed by atoms with Crippen LogP contribution in [0.4, 0.5) is 5.69 Å². The number of rotatable bonds is 9. The first-order chi connectivity index (χ1) is 16.5. The molecule has 1 aliphatic rings. The predicted molar refractivity (Wildman–Crippen MR) is 141 cm³/mol. The largest absolute Gasteiger partial charge is 0.494 e. The van der Waals surface area contributed by atoms with Crippen molar-refractivity contribution in [1.82, 2.24) is 10.6 Å². The number of anilines is 1. The summed E-state index contributed by atoms with van der Waals surface area (Å²) in [5.74, 6) is 0.321. The molecular weight excluding hydrogens is 446 g/mol. The first-order valence-electron chi connectivity index (χ1n) is 12.2. The lowest BCUT2D eigenvalue weighted by atomic mass is 9.95. The lowest BCUT2D eigenvalue weighted by Gasteiger charge is -2.26. The van der Waals surface area contributed by atoms with Gasteiger partial charge >= 0.3 is 0 Å². The Labute approximate surface area is 208 Å². The minimum atomic E-state index is -0.307. The molecule has 0 heterocycles. The zero-order chi connectivity index (χ0) is 24.3. The molecule has 1 aliphatic carbocycles. The van der Waals surface area contributed by atoms with Crippen LogP contribution in [0, 0.1) is 0 Å². The van der Waals surface area contributed by atoms with Crippen LogP contribution >= 0.6 is 12.2 Å². The molecule has 1 fully saturated rings. The third-order valence-corrected chi connectivity index (χ3v) is 6.48. The molecule has 6 nitrogen and oxygen atoms in total. The van der Waals surface area contributed by atoms with Gasteiger partial charge in [0, 0.05) is 18.7 Å². The fraction of sp³-hybridized carbons (Fsp3) is 0.444. The van der Waals surface area contributed by atoms with Crippen molar-refractivity contribution in [2.75, 3.05) is 18.6 Å². The summed E-state index contributed by atoms with van der Waals surface area (Å²) in [7, 11) is 1.75. The summed E-state index contributed by atoms with van der Waals surface area (Å²) in [5.41, 5.74) is 1.67. The monoisotopic (exact) mass is 481 g/mol. The molecule has 0 spiro atoms. The highest BCUT2D eigenvalue weighted by Gasteiger charge is 2.21. The van der Waals surface area contributed by atoms with Crippen LogP contribution in [0.25, 0.3) is 0 Å². The summed E-state index contributed by atoms with van der Waals surface area (Å²) < 4.78 is 5.71. The third-order valence-electron chi connectivity index (χ3n) is 6.11. The maximum atomic E-state index is 13.0. The average Bonchev–Trinajstić information content (AvgIpc) is 2.87. The number of thiocarbonyl (C=S) groups is 1. The summed E-state index contributed by atoms with van der Waals surface area (Å²) in [4.78, 5) is 27.4. The first kappa shape index (κ1) is 25.7. The smallest absolute Gasteiger partial charge is 0.257 e. The Morgan fingerprint density at radius 1 is 1.00 bits per heavy atom. The molecule has 2 amide bonds. The van der Waals surface area contributed by atoms with Gasteiger partial charge in [-0.2, -0.15) is 0 Å². The minimum absolute atomic E-state index is 0.113. The maximum Gasteiger partial charge on any atom is 0.257 e. The van der Waals surface area contributed by atoms with Gasteiger partial charge in [-0.1, -0.05) is 51.2 Å². The van der Waals surface area contributed by atoms with E-state index >= 15 is 0 Å². The molecule has 0 atom stereocenters. The first-order valence-corrected chi connectivity index (χ1v) is 12.6. The molecule has 2 N–H and O–H groups in total. The van der Waals surface area contributed by atoms with Crippen molar-refractivity contribution in [3.63, 3.8) is 0 Å². The Kier molecular flexibility index (Phi) is 9.89. The van der Waals surface area contributed by atoms with Crippen molar-refractivity contribution in [1.29, 1.82) is 0 Å². The SMILES string of the molecule is CCCCCOc1ccc(C(=O)NC(=S)N(C)c2ccccc2C(=O)NC2CCCCC2)cc1. The van der Waals surface area contributed by atoms with Crippen LogP contribution in [0.1, 0.15) is 79.0 Å². The second kappa shape index (κ2) is 13.1. The molecule has 0 radical (unpaired) electrons. The Balaban J connectivity index is 1.60. The second-order valence-corrected chi connectivity index (χ2v) is 9.11. The van der Waals surface area contributed by atoms with E-state index < -0.39 is 0 Å². The van der Waals surface area contributed by atoms with E-state index in [1.54, 1.807) is 42.3 Å². The van der Waals surface area contributed by atoms with E-state index in [0.717, 1.165) is 50.7 Å². The van der Waals surface area contributed by atoms with Gasteiger partial charge in [-0.3, -0.25) is 14.9 Å². The fourth-order valence-corrected chi connectivity index (χ4v) is 4.27. The predicted octanol–water partition coefficient (Wildman–Crippen LogP) is 5.47. The number of carbonyl (C=O) groups excluding carboxylic acids is 2. The van der Waals surface area contributed by atoms with E-state index in [1.807, 2.05) is 18.2 Å². The summed E-state index contributed by atoms with van der Waals surface area (Å²) >= 11 is 5.49. The van der Waals surface area contributed by atoms with Gasteiger partial charge in [0.1, 0.15) is 5.75 Å². The van der Waals surface area contributed by atoms with Crippen molar-refractivity contribution in [2.24, 2.45) is 0 Å². The van der Waals surface area contributed by atoms with Crippen LogP contribution in [-0.4, -0.2) is 36.6 Å². The van der Waals surface area contributed by atoms with Crippen LogP contribution in [0.2, 0.25) is 0 Å². The maximum absolute atomic E-state index is 13.0. The molecule has 1 saturated carbocycles. The van der Waals surface area contributed by atoms with Gasteiger partial charge in [0.2, 0.25) is 0 Å². The lowest BCUT2D eigenvalue weighted by Crippen LogP contribution is -2.42. The Morgan fingerprint density at radius 3 is 2.41 bits per heavy atom. The Morgan fingerprint density at radius 2 is 1.71 bits per heavy atom. The van der Waals surface area contributed by atoms with Crippen molar-refractivity contribution in [3.8, 4) is 5.75 Å². The van der Waals surface area contributed by atoms with Crippen molar-refractivity contribution < 1.29 is 14.3 Å². The standard InChI is InChI=1S/C27H35N3O3S/c1-3-4-10-19-33-22-17-15-20(16-18-22)25(31)29-27(34)30(2)24-14-9-8-13-23(24)26(32)28-21-11-6-5-7-12-21/h8-9,13-18,21H,3-7,10-12,19H2,1-2H3,(H,28,32)(H,29,31,34). The van der Waals surface area contributed by atoms with E-state index in [2.05, 4.69) is 17.6 Å². The molecule has 182 valence electrons. The van der Waals surface area contributed by atoms with E-state index in [-0.39, 0.29) is 23.0 Å². The zero-order valence-electron chi connectivity index (χ0n) is 20.1. The number of nitrogens with zero attached hydrogens (tertiary/aromatic N) is 1. The molecular formula is C27H35N3O3S. The van der Waals surface area contributed by atoms with E-state index in [1.165, 1.54) is 6.42 Å². The van der Waals surface area contributed by atoms with Crippen LogP contribution < -0.4 is 20.3 Å². The van der Waals surface area contributed by atoms with Crippen LogP contribution in [0.5, 0.6) is 5.75 Å². The molecule has 0 saturated heterocycles. The van der Waals surface area contributed by atoms with Gasteiger partial charge in [-0.25, -0.2) is 0 Å². The number of para-hydroxylation sites is 1. The van der Waals surface area contributed by atoms with Gasteiger partial charge in [0.05, 0.1) is 17.9 Å². The number of nitrogens with one attached hydrogen (secondary N) is 2. The number of ether oxygens (including phenoxy) is 1.